The summed E-state index contributed by atoms with van der Waals surface area (Å²) in [6.45, 7) is 6.42. The van der Waals surface area contributed by atoms with Crippen molar-refractivity contribution in [2.45, 2.75) is 25.3 Å². The minimum atomic E-state index is -3.93. The summed E-state index contributed by atoms with van der Waals surface area (Å²) in [4.78, 5) is 15.2. The second-order valence-electron chi connectivity index (χ2n) is 8.29. The number of rotatable bonds is 8. The molecule has 1 aliphatic rings. The fourth-order valence-electron chi connectivity index (χ4n) is 3.76. The molecule has 0 saturated carbocycles. The number of morpholine rings is 1. The first kappa shape index (κ1) is 24.0. The largest absolute Gasteiger partial charge is 0.468 e. The molecular weight excluding hydrogens is 454 g/mol. The number of aryl methyl sites for hydroxylation is 2. The monoisotopic (exact) mass is 483 g/mol. The third-order valence-electron chi connectivity index (χ3n) is 5.88. The van der Waals surface area contributed by atoms with Gasteiger partial charge in [-0.25, -0.2) is 8.42 Å². The van der Waals surface area contributed by atoms with Crippen molar-refractivity contribution < 1.29 is 22.4 Å². The molecule has 3 aromatic rings. The van der Waals surface area contributed by atoms with Crippen LogP contribution in [0.4, 0.5) is 11.4 Å². The highest BCUT2D eigenvalue weighted by Gasteiger charge is 2.28. The Balaban J connectivity index is 1.49. The molecule has 8 nitrogen and oxygen atoms in total. The normalized spacial score (nSPS) is 14.4. The molecule has 1 amide bonds. The Labute approximate surface area is 200 Å². The molecule has 2 heterocycles. The van der Waals surface area contributed by atoms with E-state index in [9.17, 15) is 13.2 Å². The van der Waals surface area contributed by atoms with E-state index in [1.165, 1.54) is 6.26 Å². The van der Waals surface area contributed by atoms with Gasteiger partial charge in [0.2, 0.25) is 15.9 Å². The average Bonchev–Trinajstić information content (AvgIpc) is 3.34. The van der Waals surface area contributed by atoms with E-state index in [2.05, 4.69) is 10.2 Å². The van der Waals surface area contributed by atoms with E-state index in [4.69, 9.17) is 9.15 Å². The minimum Gasteiger partial charge on any atom is -0.468 e. The average molecular weight is 484 g/mol. The van der Waals surface area contributed by atoms with Gasteiger partial charge in [-0.05, 0) is 73.5 Å². The van der Waals surface area contributed by atoms with E-state index in [1.807, 2.05) is 38.1 Å². The Morgan fingerprint density at radius 2 is 1.76 bits per heavy atom. The highest BCUT2D eigenvalue weighted by molar-refractivity contribution is 7.89. The lowest BCUT2D eigenvalue weighted by atomic mass is 10.1. The predicted molar refractivity (Wildman–Crippen MR) is 130 cm³/mol. The summed E-state index contributed by atoms with van der Waals surface area (Å²) in [5.41, 5.74) is 3.51. The van der Waals surface area contributed by atoms with Crippen LogP contribution in [0.5, 0.6) is 0 Å². The topological polar surface area (TPSA) is 92.1 Å². The summed E-state index contributed by atoms with van der Waals surface area (Å²) in [5.74, 6) is 0.0214. The van der Waals surface area contributed by atoms with E-state index < -0.39 is 15.9 Å². The van der Waals surface area contributed by atoms with E-state index in [1.54, 1.807) is 30.3 Å². The van der Waals surface area contributed by atoms with Crippen molar-refractivity contribution in [3.8, 4) is 0 Å². The number of anilines is 2. The van der Waals surface area contributed by atoms with Crippen LogP contribution in [0.15, 0.2) is 70.2 Å². The third kappa shape index (κ3) is 5.67. The van der Waals surface area contributed by atoms with Crippen molar-refractivity contribution in [2.24, 2.45) is 0 Å². The fourth-order valence-corrected chi connectivity index (χ4v) is 5.21. The smallest absolute Gasteiger partial charge is 0.243 e. The van der Waals surface area contributed by atoms with Gasteiger partial charge in [-0.2, -0.15) is 4.31 Å². The standard InChI is InChI=1S/C25H29N3O5S/c1-19-5-10-24(16-20(19)2)34(30,31)28(17-23-4-3-13-33-23)18-25(29)26-21-6-8-22(9-7-21)27-11-14-32-15-12-27/h3-10,13,16H,11-12,14-15,17-18H2,1-2H3,(H,26,29). The lowest BCUT2D eigenvalue weighted by Crippen LogP contribution is -2.37. The van der Waals surface area contributed by atoms with Crippen molar-refractivity contribution >= 4 is 27.3 Å². The first-order valence-electron chi connectivity index (χ1n) is 11.2. The van der Waals surface area contributed by atoms with Gasteiger partial charge in [-0.3, -0.25) is 4.79 Å². The third-order valence-corrected chi connectivity index (χ3v) is 7.66. The molecule has 180 valence electrons. The molecule has 0 unspecified atom stereocenters. The molecule has 1 N–H and O–H groups in total. The summed E-state index contributed by atoms with van der Waals surface area (Å²) in [5, 5.41) is 2.81. The molecule has 0 radical (unpaired) electrons. The van der Waals surface area contributed by atoms with Crippen LogP contribution in [0.25, 0.3) is 0 Å². The number of sulfonamides is 1. The van der Waals surface area contributed by atoms with Gasteiger partial charge in [0.05, 0.1) is 37.5 Å². The fraction of sp³-hybridized carbons (Fsp3) is 0.320. The maximum atomic E-state index is 13.4. The second-order valence-corrected chi connectivity index (χ2v) is 10.2. The molecule has 1 aliphatic heterocycles. The predicted octanol–water partition coefficient (Wildman–Crippen LogP) is 3.56. The van der Waals surface area contributed by atoms with Gasteiger partial charge in [0.15, 0.2) is 0 Å². The quantitative estimate of drug-likeness (QED) is 0.527. The van der Waals surface area contributed by atoms with Gasteiger partial charge < -0.3 is 19.4 Å². The molecule has 1 aromatic heterocycles. The Morgan fingerprint density at radius 1 is 1.03 bits per heavy atom. The Bertz CT molecular complexity index is 1220. The molecule has 4 rings (SSSR count). The number of ether oxygens (including phenoxy) is 1. The number of amides is 1. The van der Waals surface area contributed by atoms with E-state index in [0.717, 1.165) is 34.2 Å². The summed E-state index contributed by atoms with van der Waals surface area (Å²) in [7, 11) is -3.93. The molecule has 34 heavy (non-hydrogen) atoms. The van der Waals surface area contributed by atoms with Crippen LogP contribution in [0.2, 0.25) is 0 Å². The van der Waals surface area contributed by atoms with Crippen molar-refractivity contribution in [1.29, 1.82) is 0 Å². The summed E-state index contributed by atoms with van der Waals surface area (Å²) >= 11 is 0. The number of furan rings is 1. The number of carbonyl (C=O) groups is 1. The Kier molecular flexibility index (Phi) is 7.35. The number of hydrogen-bond acceptors (Lipinski definition) is 6. The highest BCUT2D eigenvalue weighted by Crippen LogP contribution is 2.22. The molecule has 2 aromatic carbocycles. The number of carbonyl (C=O) groups excluding carboxylic acids is 1. The van der Waals surface area contributed by atoms with Gasteiger partial charge in [0, 0.05) is 24.5 Å². The van der Waals surface area contributed by atoms with Crippen molar-refractivity contribution in [1.82, 2.24) is 4.31 Å². The maximum Gasteiger partial charge on any atom is 0.243 e. The molecular formula is C25H29N3O5S. The molecule has 0 aliphatic carbocycles. The first-order chi connectivity index (χ1) is 16.3. The lowest BCUT2D eigenvalue weighted by molar-refractivity contribution is -0.116. The van der Waals surface area contributed by atoms with Crippen LogP contribution in [0, 0.1) is 13.8 Å². The lowest BCUT2D eigenvalue weighted by Gasteiger charge is -2.29. The van der Waals surface area contributed by atoms with E-state index >= 15 is 0 Å². The zero-order chi connectivity index (χ0) is 24.1. The van der Waals surface area contributed by atoms with Gasteiger partial charge in [0.1, 0.15) is 5.76 Å². The second kappa shape index (κ2) is 10.4. The number of hydrogen-bond donors (Lipinski definition) is 1. The zero-order valence-electron chi connectivity index (χ0n) is 19.4. The zero-order valence-corrected chi connectivity index (χ0v) is 20.2. The van der Waals surface area contributed by atoms with Crippen LogP contribution in [0.1, 0.15) is 16.9 Å². The van der Waals surface area contributed by atoms with Crippen LogP contribution >= 0.6 is 0 Å². The van der Waals surface area contributed by atoms with Crippen LogP contribution in [-0.2, 0) is 26.1 Å². The van der Waals surface area contributed by atoms with Crippen LogP contribution in [0.3, 0.4) is 0 Å². The number of nitrogens with one attached hydrogen (secondary N) is 1. The van der Waals surface area contributed by atoms with Crippen molar-refractivity contribution in [3.63, 3.8) is 0 Å². The van der Waals surface area contributed by atoms with E-state index in [0.29, 0.717) is 24.7 Å². The highest BCUT2D eigenvalue weighted by atomic mass is 32.2. The van der Waals surface area contributed by atoms with E-state index in [-0.39, 0.29) is 18.0 Å². The molecule has 9 heteroatoms. The first-order valence-corrected chi connectivity index (χ1v) is 12.6. The van der Waals surface area contributed by atoms with Crippen molar-refractivity contribution in [2.75, 3.05) is 43.1 Å². The van der Waals surface area contributed by atoms with Crippen LogP contribution < -0.4 is 10.2 Å². The minimum absolute atomic E-state index is 0.0500. The van der Waals surface area contributed by atoms with Gasteiger partial charge in [-0.15, -0.1) is 0 Å². The Morgan fingerprint density at radius 3 is 2.41 bits per heavy atom. The van der Waals surface area contributed by atoms with Gasteiger partial charge >= 0.3 is 0 Å². The molecule has 0 spiro atoms. The summed E-state index contributed by atoms with van der Waals surface area (Å²) in [6, 6.07) is 15.8. The molecule has 0 atom stereocenters. The van der Waals surface area contributed by atoms with Crippen LogP contribution in [-0.4, -0.2) is 51.5 Å². The molecule has 0 bridgehead atoms. The number of nitrogens with zero attached hydrogens (tertiary/aromatic N) is 2. The summed E-state index contributed by atoms with van der Waals surface area (Å²) in [6.07, 6.45) is 1.48. The van der Waals surface area contributed by atoms with Gasteiger partial charge in [-0.1, -0.05) is 6.07 Å². The van der Waals surface area contributed by atoms with Gasteiger partial charge in [0.25, 0.3) is 0 Å². The number of benzene rings is 2. The summed E-state index contributed by atoms with van der Waals surface area (Å²) < 4.78 is 38.7. The van der Waals surface area contributed by atoms with Crippen molar-refractivity contribution in [3.05, 3.63) is 77.7 Å². The molecule has 1 fully saturated rings. The SMILES string of the molecule is Cc1ccc(S(=O)(=O)N(CC(=O)Nc2ccc(N3CCOCC3)cc2)Cc2ccco2)cc1C. The molecule has 1 saturated heterocycles. The maximum absolute atomic E-state index is 13.4. The Hall–Kier alpha value is -3.14.